The van der Waals surface area contributed by atoms with Gasteiger partial charge in [-0.15, -0.1) is 0 Å². The molecule has 1 atom stereocenters. The molecule has 100 valence electrons. The minimum Gasteiger partial charge on any atom is -0.388 e. The lowest BCUT2D eigenvalue weighted by Crippen LogP contribution is -2.05. The van der Waals surface area contributed by atoms with Crippen molar-refractivity contribution in [2.45, 2.75) is 38.8 Å². The van der Waals surface area contributed by atoms with Crippen LogP contribution in [-0.4, -0.2) is 9.67 Å². The van der Waals surface area contributed by atoms with Gasteiger partial charge in [-0.2, -0.15) is 0 Å². The van der Waals surface area contributed by atoms with Crippen LogP contribution in [0.25, 0.3) is 0 Å². The maximum absolute atomic E-state index is 9.99. The SMILES string of the molecule is Cc1ccc(Cn2cc3c(c2)C(O)CCC3)c(Cl)c1. The normalized spacial score (nSPS) is 18.4. The van der Waals surface area contributed by atoms with Crippen LogP contribution >= 0.6 is 11.6 Å². The molecule has 0 spiro atoms. The molecule has 0 saturated heterocycles. The first-order valence-corrected chi connectivity index (χ1v) is 7.13. The number of aliphatic hydroxyl groups is 1. The van der Waals surface area contributed by atoms with Gasteiger partial charge in [0.05, 0.1) is 6.10 Å². The third kappa shape index (κ3) is 2.56. The molecule has 1 aromatic carbocycles. The number of aliphatic hydroxyl groups excluding tert-OH is 1. The van der Waals surface area contributed by atoms with Crippen molar-refractivity contribution in [1.29, 1.82) is 0 Å². The van der Waals surface area contributed by atoms with E-state index in [4.69, 9.17) is 11.6 Å². The summed E-state index contributed by atoms with van der Waals surface area (Å²) in [4.78, 5) is 0. The Morgan fingerprint density at radius 3 is 2.95 bits per heavy atom. The van der Waals surface area contributed by atoms with E-state index in [2.05, 4.69) is 29.1 Å². The average molecular weight is 276 g/mol. The molecular formula is C16H18ClNO. The molecule has 0 amide bonds. The van der Waals surface area contributed by atoms with Gasteiger partial charge in [0.1, 0.15) is 0 Å². The second-order valence-electron chi connectivity index (χ2n) is 5.41. The lowest BCUT2D eigenvalue weighted by atomic mass is 9.93. The van der Waals surface area contributed by atoms with Crippen molar-refractivity contribution in [2.75, 3.05) is 0 Å². The summed E-state index contributed by atoms with van der Waals surface area (Å²) in [6, 6.07) is 6.15. The zero-order valence-corrected chi connectivity index (χ0v) is 11.8. The molecule has 0 saturated carbocycles. The van der Waals surface area contributed by atoms with Crippen LogP contribution in [0, 0.1) is 6.92 Å². The van der Waals surface area contributed by atoms with Crippen molar-refractivity contribution in [2.24, 2.45) is 0 Å². The van der Waals surface area contributed by atoms with Crippen molar-refractivity contribution >= 4 is 11.6 Å². The molecule has 3 heteroatoms. The number of benzene rings is 1. The smallest absolute Gasteiger partial charge is 0.0807 e. The summed E-state index contributed by atoms with van der Waals surface area (Å²) in [5.41, 5.74) is 4.67. The Bertz CT molecular complexity index is 603. The third-order valence-corrected chi connectivity index (χ3v) is 4.19. The largest absolute Gasteiger partial charge is 0.388 e. The molecule has 1 unspecified atom stereocenters. The van der Waals surface area contributed by atoms with Gasteiger partial charge in [0.15, 0.2) is 0 Å². The third-order valence-electron chi connectivity index (χ3n) is 3.84. The zero-order valence-electron chi connectivity index (χ0n) is 11.1. The maximum Gasteiger partial charge on any atom is 0.0807 e. The zero-order chi connectivity index (χ0) is 13.4. The molecule has 1 aliphatic rings. The quantitative estimate of drug-likeness (QED) is 0.884. The number of aryl methyl sites for hydroxylation is 2. The monoisotopic (exact) mass is 275 g/mol. The summed E-state index contributed by atoms with van der Waals surface area (Å²) in [5, 5.41) is 10.8. The van der Waals surface area contributed by atoms with Crippen molar-refractivity contribution < 1.29 is 5.11 Å². The van der Waals surface area contributed by atoms with Gasteiger partial charge in [0, 0.05) is 29.5 Å². The van der Waals surface area contributed by atoms with E-state index in [1.54, 1.807) is 0 Å². The van der Waals surface area contributed by atoms with E-state index in [-0.39, 0.29) is 6.10 Å². The molecule has 0 bridgehead atoms. The summed E-state index contributed by atoms with van der Waals surface area (Å²) in [5.74, 6) is 0. The topological polar surface area (TPSA) is 25.2 Å². The molecule has 1 aromatic heterocycles. The highest BCUT2D eigenvalue weighted by atomic mass is 35.5. The van der Waals surface area contributed by atoms with E-state index in [1.165, 1.54) is 11.1 Å². The lowest BCUT2D eigenvalue weighted by molar-refractivity contribution is 0.157. The van der Waals surface area contributed by atoms with Crippen LogP contribution in [0.2, 0.25) is 5.02 Å². The Labute approximate surface area is 118 Å². The standard InChI is InChI=1S/C16H18ClNO/c1-11-5-6-13(15(17)7-11)9-18-8-12-3-2-4-16(19)14(12)10-18/h5-8,10,16,19H,2-4,9H2,1H3. The van der Waals surface area contributed by atoms with E-state index >= 15 is 0 Å². The summed E-state index contributed by atoms with van der Waals surface area (Å²) in [6.45, 7) is 2.80. The highest BCUT2D eigenvalue weighted by Crippen LogP contribution is 2.30. The summed E-state index contributed by atoms with van der Waals surface area (Å²) < 4.78 is 2.13. The van der Waals surface area contributed by atoms with Crippen LogP contribution in [0.5, 0.6) is 0 Å². The molecule has 0 aliphatic heterocycles. The molecule has 2 aromatic rings. The lowest BCUT2D eigenvalue weighted by Gasteiger charge is -2.16. The molecule has 19 heavy (non-hydrogen) atoms. The number of rotatable bonds is 2. The molecule has 2 nitrogen and oxygen atoms in total. The highest BCUT2D eigenvalue weighted by molar-refractivity contribution is 6.31. The van der Waals surface area contributed by atoms with Gasteiger partial charge in [-0.1, -0.05) is 23.7 Å². The number of hydrogen-bond acceptors (Lipinski definition) is 1. The van der Waals surface area contributed by atoms with Crippen LogP contribution in [0.1, 0.15) is 41.2 Å². The van der Waals surface area contributed by atoms with Crippen molar-refractivity contribution in [3.05, 3.63) is 57.9 Å². The molecule has 1 N–H and O–H groups in total. The van der Waals surface area contributed by atoms with Gasteiger partial charge in [0.25, 0.3) is 0 Å². The Kier molecular flexibility index (Phi) is 3.38. The van der Waals surface area contributed by atoms with Crippen LogP contribution in [0.3, 0.4) is 0 Å². The number of halogens is 1. The van der Waals surface area contributed by atoms with Crippen molar-refractivity contribution in [3.63, 3.8) is 0 Å². The van der Waals surface area contributed by atoms with Crippen molar-refractivity contribution in [3.8, 4) is 0 Å². The Morgan fingerprint density at radius 1 is 1.37 bits per heavy atom. The molecule has 0 radical (unpaired) electrons. The van der Waals surface area contributed by atoms with Crippen LogP contribution < -0.4 is 0 Å². The van der Waals surface area contributed by atoms with Crippen LogP contribution in [-0.2, 0) is 13.0 Å². The van der Waals surface area contributed by atoms with Gasteiger partial charge >= 0.3 is 0 Å². The second-order valence-corrected chi connectivity index (χ2v) is 5.82. The first-order valence-electron chi connectivity index (χ1n) is 6.75. The Balaban J connectivity index is 1.87. The van der Waals surface area contributed by atoms with E-state index in [9.17, 15) is 5.11 Å². The number of nitrogens with zero attached hydrogens (tertiary/aromatic N) is 1. The molecule has 1 aliphatic carbocycles. The van der Waals surface area contributed by atoms with Gasteiger partial charge in [0.2, 0.25) is 0 Å². The Morgan fingerprint density at radius 2 is 2.21 bits per heavy atom. The average Bonchev–Trinajstić information content (AvgIpc) is 2.77. The first kappa shape index (κ1) is 12.8. The van der Waals surface area contributed by atoms with Gasteiger partial charge in [-0.3, -0.25) is 0 Å². The van der Waals surface area contributed by atoms with Gasteiger partial charge in [-0.25, -0.2) is 0 Å². The molecule has 1 heterocycles. The summed E-state index contributed by atoms with van der Waals surface area (Å²) >= 11 is 6.27. The molecule has 3 rings (SSSR count). The van der Waals surface area contributed by atoms with E-state index < -0.39 is 0 Å². The second kappa shape index (κ2) is 5.03. The highest BCUT2D eigenvalue weighted by Gasteiger charge is 2.19. The first-order chi connectivity index (χ1) is 9.13. The summed E-state index contributed by atoms with van der Waals surface area (Å²) in [7, 11) is 0. The summed E-state index contributed by atoms with van der Waals surface area (Å²) in [6.07, 6.45) is 6.94. The predicted octanol–water partition coefficient (Wildman–Crippen LogP) is 3.87. The van der Waals surface area contributed by atoms with Gasteiger partial charge < -0.3 is 9.67 Å². The van der Waals surface area contributed by atoms with Crippen LogP contribution in [0.4, 0.5) is 0 Å². The minimum atomic E-state index is -0.293. The minimum absolute atomic E-state index is 0.293. The predicted molar refractivity (Wildman–Crippen MR) is 77.6 cm³/mol. The fourth-order valence-corrected chi connectivity index (χ4v) is 3.09. The fourth-order valence-electron chi connectivity index (χ4n) is 2.79. The fraction of sp³-hybridized carbons (Fsp3) is 0.375. The van der Waals surface area contributed by atoms with Gasteiger partial charge in [-0.05, 0) is 48.9 Å². The number of fused-ring (bicyclic) bond motifs is 1. The number of aromatic nitrogens is 1. The van der Waals surface area contributed by atoms with Crippen molar-refractivity contribution in [1.82, 2.24) is 4.57 Å². The van der Waals surface area contributed by atoms with E-state index in [0.717, 1.165) is 42.0 Å². The van der Waals surface area contributed by atoms with E-state index in [1.807, 2.05) is 13.0 Å². The maximum atomic E-state index is 9.99. The molecule has 0 fully saturated rings. The van der Waals surface area contributed by atoms with Crippen LogP contribution in [0.15, 0.2) is 30.6 Å². The number of hydrogen-bond donors (Lipinski definition) is 1. The Hall–Kier alpha value is -1.25. The van der Waals surface area contributed by atoms with E-state index in [0.29, 0.717) is 0 Å². The molecular weight excluding hydrogens is 258 g/mol.